The van der Waals surface area contributed by atoms with Crippen LogP contribution >= 0.6 is 11.3 Å². The van der Waals surface area contributed by atoms with Crippen LogP contribution in [0.4, 0.5) is 16.8 Å². The summed E-state index contributed by atoms with van der Waals surface area (Å²) in [6, 6.07) is 6.66. The van der Waals surface area contributed by atoms with Crippen molar-refractivity contribution in [2.24, 2.45) is 11.0 Å². The molecule has 0 spiro atoms. The summed E-state index contributed by atoms with van der Waals surface area (Å²) in [4.78, 5) is 96.0. The second-order valence-electron chi connectivity index (χ2n) is 15.2. The normalized spacial score (nSPS) is 12.4. The number of amides is 5. The zero-order chi connectivity index (χ0) is 48.7. The third-order valence-corrected chi connectivity index (χ3v) is 10.7. The Morgan fingerprint density at radius 1 is 0.836 bits per heavy atom. The standard InChI is InChI=1S/C42H56N14O10S/c1-24(2)33(52-31(57)14-17-64-19-21-66-22-20-65-18-16-48-56-45)40(61)49-25(3)37(58)53-32-13-12-30(67-32)39(60)46-15-4-5-29(41(62)63)51-38(59)27-9-6-26(7-10-27)8-11-28-23-47-36-34(50-28)35(43)54-42(44)55-36/h6-7,9-10,12-13,23-25,29,33H,4-5,8,11,14-22H2,1-3H3,(H,46,60)(H,49,61)(H,51,59)(H,52,57)(H,53,58)(H,62,63)(H4,43,44,47,54,55). The van der Waals surface area contributed by atoms with Crippen LogP contribution in [0.15, 0.2) is 47.7 Å². The summed E-state index contributed by atoms with van der Waals surface area (Å²) in [5.74, 6) is -3.91. The highest BCUT2D eigenvalue weighted by atomic mass is 32.1. The number of azide groups is 1. The Kier molecular flexibility index (Phi) is 21.5. The monoisotopic (exact) mass is 948 g/mol. The van der Waals surface area contributed by atoms with Gasteiger partial charge in [-0.2, -0.15) is 9.97 Å². The van der Waals surface area contributed by atoms with E-state index in [-0.39, 0.29) is 80.3 Å². The lowest BCUT2D eigenvalue weighted by Gasteiger charge is -2.23. The summed E-state index contributed by atoms with van der Waals surface area (Å²) in [5.41, 5.74) is 22.2. The number of nitrogen functional groups attached to an aromatic ring is 2. The van der Waals surface area contributed by atoms with Crippen LogP contribution in [0, 0.1) is 5.92 Å². The van der Waals surface area contributed by atoms with E-state index in [0.29, 0.717) is 54.5 Å². The molecule has 0 saturated carbocycles. The van der Waals surface area contributed by atoms with Crippen LogP contribution in [-0.4, -0.2) is 131 Å². The number of aliphatic carboxylic acids is 1. The van der Waals surface area contributed by atoms with Crippen molar-refractivity contribution in [1.82, 2.24) is 41.2 Å². The first-order chi connectivity index (χ1) is 32.1. The molecule has 0 fully saturated rings. The van der Waals surface area contributed by atoms with Crippen LogP contribution < -0.4 is 38.1 Å². The van der Waals surface area contributed by atoms with Gasteiger partial charge >= 0.3 is 5.97 Å². The van der Waals surface area contributed by atoms with Crippen molar-refractivity contribution >= 4 is 74.8 Å². The SMILES string of the molecule is CC(NC(=O)C(NC(=O)CCOCCOCCOCCN=[N+]=[N-])C(C)C)C(=O)Nc1ccc(C(=O)NCCCC(NC(=O)c2ccc(CCc3cnc4nc(N)nc(N)c4n3)cc2)C(=O)O)s1. The van der Waals surface area contributed by atoms with Gasteiger partial charge in [-0.3, -0.25) is 24.0 Å². The second-order valence-corrected chi connectivity index (χ2v) is 16.3. The van der Waals surface area contributed by atoms with E-state index in [4.69, 9.17) is 31.2 Å². The molecule has 3 aromatic heterocycles. The number of aromatic nitrogens is 4. The molecule has 0 radical (unpaired) electrons. The van der Waals surface area contributed by atoms with Crippen molar-refractivity contribution < 1.29 is 48.1 Å². The number of carboxylic acids is 1. The number of ether oxygens (including phenoxy) is 3. The van der Waals surface area contributed by atoms with Crippen LogP contribution in [0.1, 0.15) is 71.3 Å². The molecule has 67 heavy (non-hydrogen) atoms. The molecule has 25 heteroatoms. The number of anilines is 3. The van der Waals surface area contributed by atoms with E-state index >= 15 is 0 Å². The number of nitrogens with two attached hydrogens (primary N) is 2. The summed E-state index contributed by atoms with van der Waals surface area (Å²) in [5, 5.41) is 26.7. The van der Waals surface area contributed by atoms with E-state index < -0.39 is 53.6 Å². The Labute approximate surface area is 389 Å². The number of nitrogens with zero attached hydrogens (tertiary/aromatic N) is 7. The summed E-state index contributed by atoms with van der Waals surface area (Å²) in [6.45, 7) is 6.96. The van der Waals surface area contributed by atoms with Gasteiger partial charge in [-0.05, 0) is 73.9 Å². The Balaban J connectivity index is 1.12. The van der Waals surface area contributed by atoms with E-state index in [1.807, 2.05) is 0 Å². The molecule has 3 unspecified atom stereocenters. The fourth-order valence-corrected chi connectivity index (χ4v) is 6.88. The van der Waals surface area contributed by atoms with Crippen molar-refractivity contribution in [3.63, 3.8) is 0 Å². The highest BCUT2D eigenvalue weighted by molar-refractivity contribution is 7.18. The highest BCUT2D eigenvalue weighted by Crippen LogP contribution is 2.22. The van der Waals surface area contributed by atoms with Gasteiger partial charge in [0.05, 0.1) is 61.4 Å². The fraction of sp³-hybridized carbons (Fsp3) is 0.476. The van der Waals surface area contributed by atoms with Crippen LogP contribution in [-0.2, 0) is 46.2 Å². The zero-order valence-corrected chi connectivity index (χ0v) is 38.2. The van der Waals surface area contributed by atoms with E-state index in [1.165, 1.54) is 19.1 Å². The number of carboxylic acid groups (broad SMARTS) is 1. The molecule has 0 aliphatic carbocycles. The number of benzene rings is 1. The Morgan fingerprint density at radius 3 is 2.22 bits per heavy atom. The molecule has 0 aliphatic rings. The zero-order valence-electron chi connectivity index (χ0n) is 37.4. The minimum Gasteiger partial charge on any atom is -0.480 e. The molecule has 10 N–H and O–H groups in total. The number of carbonyl (C=O) groups excluding carboxylic acids is 5. The predicted octanol–water partition coefficient (Wildman–Crippen LogP) is 2.16. The number of aryl methyl sites for hydroxylation is 2. The van der Waals surface area contributed by atoms with Crippen molar-refractivity contribution in [3.8, 4) is 0 Å². The molecule has 0 bridgehead atoms. The summed E-state index contributed by atoms with van der Waals surface area (Å²) in [6.07, 6.45) is 2.95. The van der Waals surface area contributed by atoms with E-state index in [1.54, 1.807) is 44.3 Å². The Bertz CT molecular complexity index is 2360. The molecule has 3 heterocycles. The van der Waals surface area contributed by atoms with Crippen molar-refractivity contribution in [3.05, 3.63) is 74.7 Å². The van der Waals surface area contributed by atoms with Gasteiger partial charge in [-0.15, -0.1) is 11.3 Å². The number of fused-ring (bicyclic) bond motifs is 1. The minimum atomic E-state index is -1.23. The number of hydrogen-bond donors (Lipinski definition) is 8. The Morgan fingerprint density at radius 2 is 1.54 bits per heavy atom. The van der Waals surface area contributed by atoms with Gasteiger partial charge in [0.25, 0.3) is 11.8 Å². The maximum Gasteiger partial charge on any atom is 0.326 e. The molecule has 3 atom stereocenters. The van der Waals surface area contributed by atoms with Crippen LogP contribution in [0.3, 0.4) is 0 Å². The number of thiophene rings is 1. The summed E-state index contributed by atoms with van der Waals surface area (Å²) in [7, 11) is 0. The molecule has 0 aliphatic heterocycles. The number of rotatable bonds is 29. The molecule has 24 nitrogen and oxygen atoms in total. The van der Waals surface area contributed by atoms with E-state index in [2.05, 4.69) is 56.5 Å². The smallest absolute Gasteiger partial charge is 0.326 e. The average molecular weight is 949 g/mol. The van der Waals surface area contributed by atoms with E-state index in [9.17, 15) is 33.9 Å². The third-order valence-electron chi connectivity index (χ3n) is 9.66. The third kappa shape index (κ3) is 18.0. The number of hydrogen-bond acceptors (Lipinski definition) is 17. The first-order valence-corrected chi connectivity index (χ1v) is 22.2. The van der Waals surface area contributed by atoms with Crippen molar-refractivity contribution in [2.45, 2.75) is 71.0 Å². The topological polar surface area (TPSA) is 363 Å². The van der Waals surface area contributed by atoms with E-state index in [0.717, 1.165) is 16.9 Å². The largest absolute Gasteiger partial charge is 0.480 e. The molecule has 0 saturated heterocycles. The Hall–Kier alpha value is -7.05. The molecule has 5 amide bonds. The van der Waals surface area contributed by atoms with Crippen molar-refractivity contribution in [1.29, 1.82) is 0 Å². The highest BCUT2D eigenvalue weighted by Gasteiger charge is 2.27. The summed E-state index contributed by atoms with van der Waals surface area (Å²) >= 11 is 1.00. The first-order valence-electron chi connectivity index (χ1n) is 21.3. The van der Waals surface area contributed by atoms with Gasteiger partial charge in [0, 0.05) is 30.0 Å². The molecular weight excluding hydrogens is 893 g/mol. The van der Waals surface area contributed by atoms with Crippen molar-refractivity contribution in [2.75, 3.05) is 69.5 Å². The average Bonchev–Trinajstić information content (AvgIpc) is 3.77. The van der Waals surface area contributed by atoms with Gasteiger partial charge in [0.15, 0.2) is 17.0 Å². The lowest BCUT2D eigenvalue weighted by atomic mass is 10.0. The van der Waals surface area contributed by atoms with Crippen LogP contribution in [0.25, 0.3) is 21.6 Å². The van der Waals surface area contributed by atoms with Crippen LogP contribution in [0.5, 0.6) is 0 Å². The molecule has 4 aromatic rings. The quantitative estimate of drug-likeness (QED) is 0.0167. The number of nitrogens with one attached hydrogen (secondary N) is 5. The lowest BCUT2D eigenvalue weighted by Crippen LogP contribution is -2.53. The second kappa shape index (κ2) is 27.4. The number of carbonyl (C=O) groups is 6. The summed E-state index contributed by atoms with van der Waals surface area (Å²) < 4.78 is 16.0. The molecular formula is C42H56N14O10S. The van der Waals surface area contributed by atoms with Gasteiger partial charge in [-0.25, -0.2) is 14.8 Å². The van der Waals surface area contributed by atoms with Gasteiger partial charge in [0.2, 0.25) is 23.7 Å². The van der Waals surface area contributed by atoms with Gasteiger partial charge < -0.3 is 57.4 Å². The minimum absolute atomic E-state index is 0.000336. The molecule has 1 aromatic carbocycles. The van der Waals surface area contributed by atoms with Crippen LogP contribution in [0.2, 0.25) is 0 Å². The van der Waals surface area contributed by atoms with Gasteiger partial charge in [-0.1, -0.05) is 31.1 Å². The maximum absolute atomic E-state index is 13.1. The molecule has 4 rings (SSSR count). The van der Waals surface area contributed by atoms with Gasteiger partial charge in [0.1, 0.15) is 18.1 Å². The first kappa shape index (κ1) is 52.6. The lowest BCUT2D eigenvalue weighted by molar-refractivity contribution is -0.139. The maximum atomic E-state index is 13.1. The fourth-order valence-electron chi connectivity index (χ4n) is 6.06. The molecule has 360 valence electrons. The predicted molar refractivity (Wildman–Crippen MR) is 247 cm³/mol.